The molecule has 3 aromatic rings. The van der Waals surface area contributed by atoms with E-state index in [-0.39, 0.29) is 30.6 Å². The molecule has 2 aliphatic rings. The number of carbonyl (C=O) groups excluding carboxylic acids is 3. The van der Waals surface area contributed by atoms with Gasteiger partial charge in [-0.05, 0) is 43.2 Å². The molecule has 0 saturated carbocycles. The fourth-order valence-electron chi connectivity index (χ4n) is 4.55. The predicted octanol–water partition coefficient (Wildman–Crippen LogP) is 2.83. The molecule has 1 atom stereocenters. The summed E-state index contributed by atoms with van der Waals surface area (Å²) in [6.45, 7) is 2.27. The number of amides is 3. The van der Waals surface area contributed by atoms with E-state index in [2.05, 4.69) is 5.32 Å². The minimum absolute atomic E-state index is 0. The summed E-state index contributed by atoms with van der Waals surface area (Å²) in [5.41, 5.74) is 11.7. The maximum Gasteiger partial charge on any atom is 0.255 e. The number of nitrogen functional groups attached to an aromatic ring is 1. The number of aromatic nitrogens is 2. The second-order valence-corrected chi connectivity index (χ2v) is 8.31. The Bertz CT molecular complexity index is 1300. The van der Waals surface area contributed by atoms with Crippen molar-refractivity contribution in [3.63, 3.8) is 0 Å². The molecule has 5 rings (SSSR count). The first-order chi connectivity index (χ1) is 15.3. The molecule has 0 radical (unpaired) electrons. The first-order valence-corrected chi connectivity index (χ1v) is 10.5. The third kappa shape index (κ3) is 3.76. The molecular formula is C24H24ClN5O3. The van der Waals surface area contributed by atoms with E-state index in [1.807, 2.05) is 54.9 Å². The number of piperidine rings is 1. The minimum atomic E-state index is -0.629. The maximum absolute atomic E-state index is 13.0. The van der Waals surface area contributed by atoms with Crippen LogP contribution in [0.2, 0.25) is 0 Å². The van der Waals surface area contributed by atoms with Crippen LogP contribution < -0.4 is 11.1 Å². The number of fused-ring (bicyclic) bond motifs is 1. The van der Waals surface area contributed by atoms with Crippen molar-refractivity contribution in [2.45, 2.75) is 32.4 Å². The molecule has 3 heterocycles. The topological polar surface area (TPSA) is 110 Å². The van der Waals surface area contributed by atoms with Crippen LogP contribution in [0.25, 0.3) is 22.5 Å². The standard InChI is InChI=1S/C24H23N5O3.ClH/c1-13-26-21(22(28(13)2)15-4-3-5-17(25)11-15)14-6-7-18-16(10-14)12-29(24(18)32)19-8-9-20(30)27-23(19)31;/h3-7,10-11,19H,8-9,12,25H2,1-2H3,(H,27,30,31);1H. The van der Waals surface area contributed by atoms with Crippen molar-refractivity contribution in [3.8, 4) is 22.5 Å². The summed E-state index contributed by atoms with van der Waals surface area (Å²) in [6.07, 6.45) is 0.578. The van der Waals surface area contributed by atoms with Crippen LogP contribution in [-0.2, 0) is 23.2 Å². The van der Waals surface area contributed by atoms with Gasteiger partial charge in [-0.15, -0.1) is 12.4 Å². The number of nitrogens with one attached hydrogen (secondary N) is 1. The van der Waals surface area contributed by atoms with Crippen molar-refractivity contribution in [1.82, 2.24) is 19.8 Å². The fourth-order valence-corrected chi connectivity index (χ4v) is 4.55. The Kier molecular flexibility index (Phi) is 5.71. The van der Waals surface area contributed by atoms with Crippen LogP contribution in [0.4, 0.5) is 5.69 Å². The van der Waals surface area contributed by atoms with E-state index < -0.39 is 11.9 Å². The predicted molar refractivity (Wildman–Crippen MR) is 127 cm³/mol. The number of imidazole rings is 1. The average Bonchev–Trinajstić information content (AvgIpc) is 3.24. The number of hydrogen-bond donors (Lipinski definition) is 2. The highest BCUT2D eigenvalue weighted by Gasteiger charge is 2.39. The normalized spacial score (nSPS) is 17.6. The molecular weight excluding hydrogens is 442 g/mol. The molecule has 1 fully saturated rings. The first kappa shape index (κ1) is 22.5. The Labute approximate surface area is 197 Å². The summed E-state index contributed by atoms with van der Waals surface area (Å²) in [5.74, 6) is -0.0299. The van der Waals surface area contributed by atoms with Crippen LogP contribution in [0.3, 0.4) is 0 Å². The molecule has 33 heavy (non-hydrogen) atoms. The molecule has 1 aromatic heterocycles. The lowest BCUT2D eigenvalue weighted by atomic mass is 10.0. The SMILES string of the molecule is Cc1nc(-c2ccc3c(c2)CN(C2CCC(=O)NC2=O)C3=O)c(-c2cccc(N)c2)n1C.Cl. The number of halogens is 1. The van der Waals surface area contributed by atoms with Crippen molar-refractivity contribution < 1.29 is 14.4 Å². The summed E-state index contributed by atoms with van der Waals surface area (Å²) in [7, 11) is 1.96. The highest BCUT2D eigenvalue weighted by atomic mass is 35.5. The molecule has 2 aliphatic heterocycles. The van der Waals surface area contributed by atoms with E-state index in [4.69, 9.17) is 10.7 Å². The van der Waals surface area contributed by atoms with Crippen LogP contribution >= 0.6 is 12.4 Å². The van der Waals surface area contributed by atoms with Gasteiger partial charge in [0.2, 0.25) is 11.8 Å². The molecule has 1 saturated heterocycles. The number of carbonyl (C=O) groups is 3. The number of nitrogens with zero attached hydrogens (tertiary/aromatic N) is 3. The van der Waals surface area contributed by atoms with Gasteiger partial charge in [0.15, 0.2) is 0 Å². The zero-order chi connectivity index (χ0) is 22.6. The van der Waals surface area contributed by atoms with E-state index in [0.717, 1.165) is 33.9 Å². The van der Waals surface area contributed by atoms with Crippen LogP contribution in [-0.4, -0.2) is 38.2 Å². The van der Waals surface area contributed by atoms with Crippen LogP contribution in [0.5, 0.6) is 0 Å². The summed E-state index contributed by atoms with van der Waals surface area (Å²) in [4.78, 5) is 43.1. The lowest BCUT2D eigenvalue weighted by molar-refractivity contribution is -0.136. The van der Waals surface area contributed by atoms with Gasteiger partial charge in [-0.25, -0.2) is 4.98 Å². The lowest BCUT2D eigenvalue weighted by Gasteiger charge is -2.29. The molecule has 0 aliphatic carbocycles. The van der Waals surface area contributed by atoms with Crippen molar-refractivity contribution in [1.29, 1.82) is 0 Å². The molecule has 0 spiro atoms. The van der Waals surface area contributed by atoms with Gasteiger partial charge in [0.1, 0.15) is 11.9 Å². The third-order valence-corrected chi connectivity index (χ3v) is 6.28. The fraction of sp³-hybridized carbons (Fsp3) is 0.250. The van der Waals surface area contributed by atoms with Crippen LogP contribution in [0.15, 0.2) is 42.5 Å². The Hall–Kier alpha value is -3.65. The summed E-state index contributed by atoms with van der Waals surface area (Å²) in [5, 5.41) is 2.34. The van der Waals surface area contributed by atoms with Crippen molar-refractivity contribution in [3.05, 3.63) is 59.4 Å². The van der Waals surface area contributed by atoms with Crippen molar-refractivity contribution in [2.75, 3.05) is 5.73 Å². The average molecular weight is 466 g/mol. The van der Waals surface area contributed by atoms with E-state index in [9.17, 15) is 14.4 Å². The smallest absolute Gasteiger partial charge is 0.255 e. The third-order valence-electron chi connectivity index (χ3n) is 6.28. The summed E-state index contributed by atoms with van der Waals surface area (Å²) < 4.78 is 2.03. The first-order valence-electron chi connectivity index (χ1n) is 10.5. The molecule has 170 valence electrons. The molecule has 1 unspecified atom stereocenters. The van der Waals surface area contributed by atoms with Crippen LogP contribution in [0.1, 0.15) is 34.6 Å². The highest BCUT2D eigenvalue weighted by Crippen LogP contribution is 2.36. The van der Waals surface area contributed by atoms with Gasteiger partial charge < -0.3 is 15.2 Å². The molecule has 0 bridgehead atoms. The largest absolute Gasteiger partial charge is 0.399 e. The number of anilines is 1. The minimum Gasteiger partial charge on any atom is -0.399 e. The second kappa shape index (κ2) is 8.37. The zero-order valence-electron chi connectivity index (χ0n) is 18.3. The molecule has 3 N–H and O–H groups in total. The molecule has 9 heteroatoms. The lowest BCUT2D eigenvalue weighted by Crippen LogP contribution is -2.52. The monoisotopic (exact) mass is 465 g/mol. The Balaban J connectivity index is 0.00000259. The van der Waals surface area contributed by atoms with E-state index in [1.165, 1.54) is 0 Å². The molecule has 2 aromatic carbocycles. The van der Waals surface area contributed by atoms with Gasteiger partial charge in [0.05, 0.1) is 11.4 Å². The van der Waals surface area contributed by atoms with E-state index in [1.54, 1.807) is 11.0 Å². The highest BCUT2D eigenvalue weighted by molar-refractivity contribution is 6.05. The zero-order valence-corrected chi connectivity index (χ0v) is 19.1. The maximum atomic E-state index is 13.0. The molecule has 3 amide bonds. The van der Waals surface area contributed by atoms with Crippen LogP contribution in [0, 0.1) is 6.92 Å². The quantitative estimate of drug-likeness (QED) is 0.456. The van der Waals surface area contributed by atoms with E-state index in [0.29, 0.717) is 24.2 Å². The number of rotatable bonds is 3. The van der Waals surface area contributed by atoms with Gasteiger partial charge in [0.25, 0.3) is 5.91 Å². The molecule has 8 nitrogen and oxygen atoms in total. The number of imide groups is 1. The van der Waals surface area contributed by atoms with Crippen molar-refractivity contribution >= 4 is 35.8 Å². The van der Waals surface area contributed by atoms with Gasteiger partial charge in [-0.2, -0.15) is 0 Å². The Morgan fingerprint density at radius 3 is 2.61 bits per heavy atom. The second-order valence-electron chi connectivity index (χ2n) is 8.31. The summed E-state index contributed by atoms with van der Waals surface area (Å²) >= 11 is 0. The number of nitrogens with two attached hydrogens (primary N) is 1. The van der Waals surface area contributed by atoms with Gasteiger partial charge >= 0.3 is 0 Å². The Morgan fingerprint density at radius 2 is 1.88 bits per heavy atom. The van der Waals surface area contributed by atoms with Gasteiger partial charge in [-0.3, -0.25) is 19.7 Å². The number of aryl methyl sites for hydroxylation is 1. The van der Waals surface area contributed by atoms with Gasteiger partial charge in [0, 0.05) is 42.4 Å². The van der Waals surface area contributed by atoms with E-state index >= 15 is 0 Å². The Morgan fingerprint density at radius 1 is 1.09 bits per heavy atom. The summed E-state index contributed by atoms with van der Waals surface area (Å²) in [6, 6.07) is 12.7. The number of hydrogen-bond acceptors (Lipinski definition) is 5. The van der Waals surface area contributed by atoms with Crippen molar-refractivity contribution in [2.24, 2.45) is 7.05 Å². The van der Waals surface area contributed by atoms with Gasteiger partial charge in [-0.1, -0.05) is 18.2 Å². The number of benzene rings is 2.